The first-order chi connectivity index (χ1) is 10.8. The number of carbonyl (C=O) groups is 1. The van der Waals surface area contributed by atoms with Crippen LogP contribution in [0.25, 0.3) is 32.8 Å². The molecule has 0 spiro atoms. The summed E-state index contributed by atoms with van der Waals surface area (Å²) >= 11 is 0. The summed E-state index contributed by atoms with van der Waals surface area (Å²) in [5.74, 6) is -0.373. The highest BCUT2D eigenvalue weighted by Gasteiger charge is 2.09. The molecule has 0 aliphatic carbocycles. The number of carbonyl (C=O) groups excluding carboxylic acids is 1. The molecule has 22 heavy (non-hydrogen) atoms. The molecule has 4 nitrogen and oxygen atoms in total. The first-order valence-electron chi connectivity index (χ1n) is 6.94. The fourth-order valence-electron chi connectivity index (χ4n) is 2.65. The van der Waals surface area contributed by atoms with E-state index in [1.807, 2.05) is 36.4 Å². The maximum atomic E-state index is 11.7. The number of ether oxygens (including phenoxy) is 1. The summed E-state index contributed by atoms with van der Waals surface area (Å²) in [6.45, 7) is 0. The van der Waals surface area contributed by atoms with Gasteiger partial charge in [0.15, 0.2) is 0 Å². The number of benzene rings is 3. The van der Waals surface area contributed by atoms with E-state index in [-0.39, 0.29) is 5.97 Å². The molecule has 0 saturated heterocycles. The number of esters is 1. The average molecular weight is 288 g/mol. The molecule has 0 aliphatic rings. The van der Waals surface area contributed by atoms with Crippen molar-refractivity contribution in [2.75, 3.05) is 7.11 Å². The van der Waals surface area contributed by atoms with Crippen LogP contribution in [0.2, 0.25) is 0 Å². The molecule has 106 valence electrons. The Bertz CT molecular complexity index is 1040. The Balaban J connectivity index is 2.07. The molecule has 3 aromatic carbocycles. The second-order valence-electron chi connectivity index (χ2n) is 5.07. The molecule has 0 N–H and O–H groups in total. The van der Waals surface area contributed by atoms with Crippen LogP contribution in [0.15, 0.2) is 54.6 Å². The molecule has 0 unspecified atom stereocenters. The maximum absolute atomic E-state index is 11.7. The Hall–Kier alpha value is -3.01. The van der Waals surface area contributed by atoms with Crippen LogP contribution in [0.5, 0.6) is 0 Å². The van der Waals surface area contributed by atoms with E-state index in [0.717, 1.165) is 27.3 Å². The minimum atomic E-state index is -0.373. The molecule has 0 radical (unpaired) electrons. The normalized spacial score (nSPS) is 11.1. The predicted molar refractivity (Wildman–Crippen MR) is 85.9 cm³/mol. The van der Waals surface area contributed by atoms with Gasteiger partial charge in [-0.1, -0.05) is 30.3 Å². The van der Waals surface area contributed by atoms with Gasteiger partial charge in [-0.15, -0.1) is 0 Å². The number of aromatic nitrogens is 2. The van der Waals surface area contributed by atoms with Crippen molar-refractivity contribution in [2.45, 2.75) is 0 Å². The van der Waals surface area contributed by atoms with Crippen LogP contribution < -0.4 is 0 Å². The topological polar surface area (TPSA) is 52.1 Å². The number of methoxy groups -OCH3 is 1. The molecule has 0 atom stereocenters. The van der Waals surface area contributed by atoms with Crippen LogP contribution in [0.3, 0.4) is 0 Å². The predicted octanol–water partition coefficient (Wildman–Crippen LogP) is 3.72. The number of hydrogen-bond donors (Lipinski definition) is 0. The van der Waals surface area contributed by atoms with Crippen LogP contribution in [0.1, 0.15) is 10.4 Å². The molecule has 4 rings (SSSR count). The van der Waals surface area contributed by atoms with Crippen molar-refractivity contribution in [3.05, 3.63) is 60.2 Å². The highest BCUT2D eigenvalue weighted by Crippen LogP contribution is 2.25. The second kappa shape index (κ2) is 4.77. The zero-order chi connectivity index (χ0) is 15.1. The van der Waals surface area contributed by atoms with Gasteiger partial charge in [0.25, 0.3) is 0 Å². The standard InChI is InChI=1S/C18H12N2O2/c1-22-18(21)12-7-8-14-16(10-12)20-17-13-5-3-2-4-11(13)6-9-15(17)19-14/h2-10H,1H3. The summed E-state index contributed by atoms with van der Waals surface area (Å²) < 4.78 is 4.76. The van der Waals surface area contributed by atoms with Gasteiger partial charge >= 0.3 is 5.97 Å². The van der Waals surface area contributed by atoms with E-state index in [2.05, 4.69) is 4.98 Å². The fourth-order valence-corrected chi connectivity index (χ4v) is 2.65. The molecule has 4 heteroatoms. The first-order valence-corrected chi connectivity index (χ1v) is 6.94. The van der Waals surface area contributed by atoms with Gasteiger partial charge in [0.05, 0.1) is 34.7 Å². The minimum absolute atomic E-state index is 0.373. The molecule has 0 aliphatic heterocycles. The van der Waals surface area contributed by atoms with Crippen LogP contribution in [0, 0.1) is 0 Å². The van der Waals surface area contributed by atoms with E-state index < -0.39 is 0 Å². The largest absolute Gasteiger partial charge is 0.465 e. The lowest BCUT2D eigenvalue weighted by atomic mass is 10.1. The van der Waals surface area contributed by atoms with Crippen molar-refractivity contribution in [3.63, 3.8) is 0 Å². The van der Waals surface area contributed by atoms with Crippen molar-refractivity contribution in [2.24, 2.45) is 0 Å². The van der Waals surface area contributed by atoms with E-state index >= 15 is 0 Å². The van der Waals surface area contributed by atoms with Gasteiger partial charge in [-0.05, 0) is 29.7 Å². The quantitative estimate of drug-likeness (QED) is 0.304. The van der Waals surface area contributed by atoms with E-state index in [9.17, 15) is 4.79 Å². The third kappa shape index (κ3) is 1.89. The van der Waals surface area contributed by atoms with Crippen molar-refractivity contribution in [1.29, 1.82) is 0 Å². The van der Waals surface area contributed by atoms with E-state index in [1.165, 1.54) is 7.11 Å². The van der Waals surface area contributed by atoms with Crippen molar-refractivity contribution < 1.29 is 9.53 Å². The number of fused-ring (bicyclic) bond motifs is 4. The van der Waals surface area contributed by atoms with Crippen LogP contribution in [0.4, 0.5) is 0 Å². The molecule has 1 heterocycles. The molecule has 1 aromatic heterocycles. The summed E-state index contributed by atoms with van der Waals surface area (Å²) in [5, 5.41) is 2.17. The molecule has 0 saturated carbocycles. The zero-order valence-corrected chi connectivity index (χ0v) is 11.9. The Morgan fingerprint density at radius 2 is 1.73 bits per heavy atom. The van der Waals surface area contributed by atoms with Crippen molar-refractivity contribution in [1.82, 2.24) is 9.97 Å². The average Bonchev–Trinajstić information content (AvgIpc) is 2.58. The van der Waals surface area contributed by atoms with Gasteiger partial charge < -0.3 is 4.74 Å². The number of rotatable bonds is 1. The lowest BCUT2D eigenvalue weighted by Gasteiger charge is -2.06. The second-order valence-corrected chi connectivity index (χ2v) is 5.07. The summed E-state index contributed by atoms with van der Waals surface area (Å²) in [5.41, 5.74) is 3.61. The highest BCUT2D eigenvalue weighted by atomic mass is 16.5. The summed E-state index contributed by atoms with van der Waals surface area (Å²) in [4.78, 5) is 21.0. The van der Waals surface area contributed by atoms with Gasteiger partial charge in [-0.3, -0.25) is 0 Å². The van der Waals surface area contributed by atoms with Gasteiger partial charge in [-0.2, -0.15) is 0 Å². The molecular weight excluding hydrogens is 276 g/mol. The maximum Gasteiger partial charge on any atom is 0.337 e. The van der Waals surface area contributed by atoms with E-state index in [4.69, 9.17) is 9.72 Å². The molecule has 0 bridgehead atoms. The minimum Gasteiger partial charge on any atom is -0.465 e. The van der Waals surface area contributed by atoms with Crippen LogP contribution >= 0.6 is 0 Å². The lowest BCUT2D eigenvalue weighted by Crippen LogP contribution is -2.01. The molecular formula is C18H12N2O2. The Kier molecular flexibility index (Phi) is 2.76. The highest BCUT2D eigenvalue weighted by molar-refractivity contribution is 6.06. The molecule has 0 fully saturated rings. The smallest absolute Gasteiger partial charge is 0.337 e. The SMILES string of the molecule is COC(=O)c1ccc2nc3ccc4ccccc4c3nc2c1. The van der Waals surface area contributed by atoms with Gasteiger partial charge in [0.2, 0.25) is 0 Å². The third-order valence-corrected chi connectivity index (χ3v) is 3.75. The summed E-state index contributed by atoms with van der Waals surface area (Å²) in [6.07, 6.45) is 0. The lowest BCUT2D eigenvalue weighted by molar-refractivity contribution is 0.0601. The van der Waals surface area contributed by atoms with Gasteiger partial charge in [-0.25, -0.2) is 14.8 Å². The number of hydrogen-bond acceptors (Lipinski definition) is 4. The zero-order valence-electron chi connectivity index (χ0n) is 11.9. The Labute approximate surface area is 126 Å². The van der Waals surface area contributed by atoms with Crippen molar-refractivity contribution in [3.8, 4) is 0 Å². The third-order valence-electron chi connectivity index (χ3n) is 3.75. The van der Waals surface area contributed by atoms with Crippen molar-refractivity contribution >= 4 is 38.8 Å². The van der Waals surface area contributed by atoms with Crippen LogP contribution in [-0.2, 0) is 4.74 Å². The fraction of sp³-hybridized carbons (Fsp3) is 0.0556. The molecule has 0 amide bonds. The Morgan fingerprint density at radius 1 is 0.909 bits per heavy atom. The summed E-state index contributed by atoms with van der Waals surface area (Å²) in [6, 6.07) is 17.3. The first kappa shape index (κ1) is 12.7. The Morgan fingerprint density at radius 3 is 2.59 bits per heavy atom. The van der Waals surface area contributed by atoms with E-state index in [1.54, 1.807) is 18.2 Å². The van der Waals surface area contributed by atoms with Gasteiger partial charge in [0, 0.05) is 5.39 Å². The number of nitrogens with zero attached hydrogens (tertiary/aromatic N) is 2. The summed E-state index contributed by atoms with van der Waals surface area (Å²) in [7, 11) is 1.37. The molecule has 4 aromatic rings. The van der Waals surface area contributed by atoms with Gasteiger partial charge in [0.1, 0.15) is 0 Å². The monoisotopic (exact) mass is 288 g/mol. The van der Waals surface area contributed by atoms with Crippen LogP contribution in [-0.4, -0.2) is 23.0 Å². The van der Waals surface area contributed by atoms with E-state index in [0.29, 0.717) is 11.1 Å².